The second kappa shape index (κ2) is 8.59. The van der Waals surface area contributed by atoms with Crippen molar-refractivity contribution in [1.82, 2.24) is 10.2 Å². The van der Waals surface area contributed by atoms with E-state index in [1.54, 1.807) is 4.90 Å². The van der Waals surface area contributed by atoms with Crippen LogP contribution in [0.2, 0.25) is 0 Å². The number of aliphatic hydroxyl groups excluding tert-OH is 1. The van der Waals surface area contributed by atoms with E-state index in [1.165, 1.54) is 11.1 Å². The summed E-state index contributed by atoms with van der Waals surface area (Å²) < 4.78 is 0. The van der Waals surface area contributed by atoms with Gasteiger partial charge in [-0.05, 0) is 24.8 Å². The van der Waals surface area contributed by atoms with E-state index in [1.807, 2.05) is 13.0 Å². The molecule has 0 fully saturated rings. The van der Waals surface area contributed by atoms with Gasteiger partial charge in [0.05, 0.1) is 6.61 Å². The van der Waals surface area contributed by atoms with Crippen molar-refractivity contribution >= 4 is 6.03 Å². The maximum Gasteiger partial charge on any atom is 0.317 e. The van der Waals surface area contributed by atoms with Gasteiger partial charge in [0, 0.05) is 19.6 Å². The van der Waals surface area contributed by atoms with Crippen molar-refractivity contribution < 1.29 is 9.90 Å². The van der Waals surface area contributed by atoms with Crippen molar-refractivity contribution in [2.75, 3.05) is 26.2 Å². The molecule has 1 rings (SSSR count). The molecule has 0 heterocycles. The highest BCUT2D eigenvalue weighted by Gasteiger charge is 2.13. The molecule has 0 aliphatic rings. The Bertz CT molecular complexity index is 415. The lowest BCUT2D eigenvalue weighted by Gasteiger charge is -2.23. The van der Waals surface area contributed by atoms with Crippen LogP contribution >= 0.6 is 0 Å². The maximum atomic E-state index is 12.0. The van der Waals surface area contributed by atoms with Gasteiger partial charge in [-0.1, -0.05) is 43.7 Å². The van der Waals surface area contributed by atoms with Crippen LogP contribution in [0, 0.1) is 6.92 Å². The molecule has 0 radical (unpaired) electrons. The summed E-state index contributed by atoms with van der Waals surface area (Å²) in [5, 5.41) is 11.9. The fourth-order valence-electron chi connectivity index (χ4n) is 2.15. The molecule has 0 aliphatic carbocycles. The number of nitrogens with zero attached hydrogens (tertiary/aromatic N) is 1. The summed E-state index contributed by atoms with van der Waals surface area (Å²) in [4.78, 5) is 13.7. The Labute approximate surface area is 121 Å². The first-order valence-electron chi connectivity index (χ1n) is 7.28. The van der Waals surface area contributed by atoms with Gasteiger partial charge in [-0.25, -0.2) is 4.79 Å². The molecule has 1 unspecified atom stereocenters. The van der Waals surface area contributed by atoms with E-state index in [2.05, 4.69) is 37.4 Å². The van der Waals surface area contributed by atoms with Crippen molar-refractivity contribution in [3.05, 3.63) is 35.4 Å². The summed E-state index contributed by atoms with van der Waals surface area (Å²) >= 11 is 0. The second-order valence-corrected chi connectivity index (χ2v) is 5.21. The van der Waals surface area contributed by atoms with E-state index in [4.69, 9.17) is 5.11 Å². The van der Waals surface area contributed by atoms with E-state index in [9.17, 15) is 4.79 Å². The first-order valence-corrected chi connectivity index (χ1v) is 7.28. The average molecular weight is 278 g/mol. The summed E-state index contributed by atoms with van der Waals surface area (Å²) in [7, 11) is 0. The standard InChI is InChI=1S/C16H26N2O2/c1-4-8-18(9-10-19)16(20)17-12-14(3)15-7-5-6-13(2)11-15/h5-7,11,14,19H,4,8-10,12H2,1-3H3,(H,17,20). The Morgan fingerprint density at radius 3 is 2.75 bits per heavy atom. The molecule has 112 valence electrons. The molecule has 0 saturated carbocycles. The summed E-state index contributed by atoms with van der Waals surface area (Å²) in [6, 6.07) is 8.24. The van der Waals surface area contributed by atoms with Crippen LogP contribution in [0.15, 0.2) is 24.3 Å². The summed E-state index contributed by atoms with van der Waals surface area (Å²) in [6.07, 6.45) is 0.890. The molecule has 0 saturated heterocycles. The Kier molecular flexibility index (Phi) is 7.09. The van der Waals surface area contributed by atoms with Crippen molar-refractivity contribution in [2.45, 2.75) is 33.1 Å². The number of carbonyl (C=O) groups excluding carboxylic acids is 1. The topological polar surface area (TPSA) is 52.6 Å². The predicted octanol–water partition coefficient (Wildman–Crippen LogP) is 2.51. The maximum absolute atomic E-state index is 12.0. The Hall–Kier alpha value is -1.55. The van der Waals surface area contributed by atoms with Crippen LogP contribution in [0.1, 0.15) is 37.3 Å². The van der Waals surface area contributed by atoms with Crippen LogP contribution < -0.4 is 5.32 Å². The highest BCUT2D eigenvalue weighted by Crippen LogP contribution is 2.15. The van der Waals surface area contributed by atoms with Gasteiger partial charge in [0.2, 0.25) is 0 Å². The Balaban J connectivity index is 2.50. The molecule has 1 aromatic carbocycles. The number of urea groups is 1. The number of amides is 2. The number of nitrogens with one attached hydrogen (secondary N) is 1. The van der Waals surface area contributed by atoms with Crippen molar-refractivity contribution in [1.29, 1.82) is 0 Å². The summed E-state index contributed by atoms with van der Waals surface area (Å²) in [6.45, 7) is 7.86. The zero-order chi connectivity index (χ0) is 15.0. The summed E-state index contributed by atoms with van der Waals surface area (Å²) in [5.74, 6) is 0.274. The lowest BCUT2D eigenvalue weighted by Crippen LogP contribution is -2.43. The van der Waals surface area contributed by atoms with Crippen LogP contribution in [-0.4, -0.2) is 42.3 Å². The third kappa shape index (κ3) is 5.21. The number of benzene rings is 1. The zero-order valence-electron chi connectivity index (χ0n) is 12.7. The van der Waals surface area contributed by atoms with Crippen LogP contribution in [0.5, 0.6) is 0 Å². The Morgan fingerprint density at radius 2 is 2.15 bits per heavy atom. The highest BCUT2D eigenvalue weighted by molar-refractivity contribution is 5.74. The van der Waals surface area contributed by atoms with Gasteiger partial charge < -0.3 is 15.3 Å². The molecule has 4 nitrogen and oxygen atoms in total. The number of aryl methyl sites for hydroxylation is 1. The molecule has 0 aliphatic heterocycles. The van der Waals surface area contributed by atoms with Gasteiger partial charge >= 0.3 is 6.03 Å². The number of rotatable bonds is 7. The molecular weight excluding hydrogens is 252 g/mol. The number of hydrogen-bond acceptors (Lipinski definition) is 2. The molecule has 20 heavy (non-hydrogen) atoms. The highest BCUT2D eigenvalue weighted by atomic mass is 16.3. The second-order valence-electron chi connectivity index (χ2n) is 5.21. The normalized spacial score (nSPS) is 12.0. The smallest absolute Gasteiger partial charge is 0.317 e. The number of aliphatic hydroxyl groups is 1. The SMILES string of the molecule is CCCN(CCO)C(=O)NCC(C)c1cccc(C)c1. The minimum atomic E-state index is -0.0968. The molecule has 2 N–H and O–H groups in total. The zero-order valence-corrected chi connectivity index (χ0v) is 12.7. The fraction of sp³-hybridized carbons (Fsp3) is 0.562. The first kappa shape index (κ1) is 16.5. The third-order valence-electron chi connectivity index (χ3n) is 3.32. The lowest BCUT2D eigenvalue weighted by atomic mass is 9.99. The van der Waals surface area contributed by atoms with E-state index < -0.39 is 0 Å². The van der Waals surface area contributed by atoms with E-state index in [-0.39, 0.29) is 18.6 Å². The van der Waals surface area contributed by atoms with Crippen LogP contribution in [0.4, 0.5) is 4.79 Å². The molecule has 2 amide bonds. The Morgan fingerprint density at radius 1 is 1.40 bits per heavy atom. The van der Waals surface area contributed by atoms with Crippen LogP contribution in [0.25, 0.3) is 0 Å². The van der Waals surface area contributed by atoms with Gasteiger partial charge in [0.25, 0.3) is 0 Å². The van der Waals surface area contributed by atoms with Gasteiger partial charge in [-0.3, -0.25) is 0 Å². The largest absolute Gasteiger partial charge is 0.395 e. The van der Waals surface area contributed by atoms with Crippen LogP contribution in [-0.2, 0) is 0 Å². The van der Waals surface area contributed by atoms with Gasteiger partial charge in [-0.2, -0.15) is 0 Å². The fourth-order valence-corrected chi connectivity index (χ4v) is 2.15. The molecule has 0 aromatic heterocycles. The van der Waals surface area contributed by atoms with E-state index >= 15 is 0 Å². The third-order valence-corrected chi connectivity index (χ3v) is 3.32. The summed E-state index contributed by atoms with van der Waals surface area (Å²) in [5.41, 5.74) is 2.46. The lowest BCUT2D eigenvalue weighted by molar-refractivity contribution is 0.177. The molecule has 0 bridgehead atoms. The number of hydrogen-bond donors (Lipinski definition) is 2. The van der Waals surface area contributed by atoms with E-state index in [0.29, 0.717) is 19.6 Å². The van der Waals surface area contributed by atoms with Crippen molar-refractivity contribution in [3.63, 3.8) is 0 Å². The van der Waals surface area contributed by atoms with Gasteiger partial charge in [0.1, 0.15) is 0 Å². The van der Waals surface area contributed by atoms with Gasteiger partial charge in [0.15, 0.2) is 0 Å². The number of carbonyl (C=O) groups is 1. The minimum absolute atomic E-state index is 0.000847. The van der Waals surface area contributed by atoms with Crippen LogP contribution in [0.3, 0.4) is 0 Å². The minimum Gasteiger partial charge on any atom is -0.395 e. The predicted molar refractivity (Wildman–Crippen MR) is 81.9 cm³/mol. The van der Waals surface area contributed by atoms with Crippen molar-refractivity contribution in [3.8, 4) is 0 Å². The molecule has 1 atom stereocenters. The van der Waals surface area contributed by atoms with E-state index in [0.717, 1.165) is 6.42 Å². The molecular formula is C16H26N2O2. The van der Waals surface area contributed by atoms with Gasteiger partial charge in [-0.15, -0.1) is 0 Å². The average Bonchev–Trinajstić information content (AvgIpc) is 2.44. The molecule has 4 heteroatoms. The molecule has 1 aromatic rings. The quantitative estimate of drug-likeness (QED) is 0.805. The van der Waals surface area contributed by atoms with Crippen molar-refractivity contribution in [2.24, 2.45) is 0 Å². The molecule has 0 spiro atoms. The first-order chi connectivity index (χ1) is 9.58. The monoisotopic (exact) mass is 278 g/mol.